The summed E-state index contributed by atoms with van der Waals surface area (Å²) in [6.45, 7) is 6.11. The number of alkyl halides is 1. The number of ether oxygens (including phenoxy) is 2. The maximum Gasteiger partial charge on any atom is 0.288 e. The number of amidine groups is 1. The number of anilines is 1. The Morgan fingerprint density at radius 3 is 2.42 bits per heavy atom. The van der Waals surface area contributed by atoms with E-state index in [2.05, 4.69) is 43.7 Å². The average molecular weight is 630 g/mol. The van der Waals surface area contributed by atoms with Gasteiger partial charge in [-0.15, -0.1) is 0 Å². The summed E-state index contributed by atoms with van der Waals surface area (Å²) in [6, 6.07) is 16.2. The molecule has 0 radical (unpaired) electrons. The Balaban J connectivity index is 1.88. The fourth-order valence-corrected chi connectivity index (χ4v) is 3.90. The van der Waals surface area contributed by atoms with Gasteiger partial charge in [0.25, 0.3) is 11.8 Å². The zero-order valence-electron chi connectivity index (χ0n) is 21.4. The predicted molar refractivity (Wildman–Crippen MR) is 155 cm³/mol. The molecule has 0 bridgehead atoms. The SMILES string of the molecule is CCOc1cc(C(Nc2ccc(C(=N)N)cc2)C(=O)NNC(=O)c2cccc(CI)n2)ccc1OC(C)C. The zero-order chi connectivity index (χ0) is 27.7. The van der Waals surface area contributed by atoms with E-state index in [0.717, 1.165) is 5.69 Å². The van der Waals surface area contributed by atoms with Crippen LogP contribution in [0, 0.1) is 5.41 Å². The number of amides is 2. The first-order valence-corrected chi connectivity index (χ1v) is 13.5. The largest absolute Gasteiger partial charge is 0.490 e. The highest BCUT2D eigenvalue weighted by molar-refractivity contribution is 14.1. The van der Waals surface area contributed by atoms with Crippen LogP contribution in [0.25, 0.3) is 0 Å². The molecule has 0 aliphatic rings. The van der Waals surface area contributed by atoms with Crippen LogP contribution in [0.5, 0.6) is 11.5 Å². The van der Waals surface area contributed by atoms with Crippen LogP contribution in [-0.4, -0.2) is 35.3 Å². The highest BCUT2D eigenvalue weighted by Gasteiger charge is 2.24. The quantitative estimate of drug-likeness (QED) is 0.0704. The standard InChI is InChI=1S/C27H31IN6O4/c1-4-37-23-14-18(10-13-22(23)38-16(2)3)24(32-19-11-8-17(9-12-19)25(29)30)27(36)34-33-26(35)21-7-5-6-20(15-28)31-21/h5-14,16,24,32H,4,15H2,1-3H3,(H3,29,30)(H,33,35)(H,34,36). The molecule has 200 valence electrons. The van der Waals surface area contributed by atoms with Crippen molar-refractivity contribution in [2.24, 2.45) is 5.73 Å². The van der Waals surface area contributed by atoms with Gasteiger partial charge in [-0.3, -0.25) is 25.8 Å². The Morgan fingerprint density at radius 1 is 1.05 bits per heavy atom. The van der Waals surface area contributed by atoms with Gasteiger partial charge in [0.15, 0.2) is 11.5 Å². The van der Waals surface area contributed by atoms with Gasteiger partial charge >= 0.3 is 0 Å². The number of benzene rings is 2. The second-order valence-electron chi connectivity index (χ2n) is 8.47. The lowest BCUT2D eigenvalue weighted by Gasteiger charge is -2.22. The molecule has 38 heavy (non-hydrogen) atoms. The number of carbonyl (C=O) groups is 2. The van der Waals surface area contributed by atoms with Gasteiger partial charge in [-0.2, -0.15) is 0 Å². The average Bonchev–Trinajstić information content (AvgIpc) is 2.91. The first-order chi connectivity index (χ1) is 18.2. The lowest BCUT2D eigenvalue weighted by molar-refractivity contribution is -0.122. The van der Waals surface area contributed by atoms with Gasteiger partial charge in [0.2, 0.25) is 0 Å². The minimum Gasteiger partial charge on any atom is -0.490 e. The number of nitrogens with one attached hydrogen (secondary N) is 4. The highest BCUT2D eigenvalue weighted by Crippen LogP contribution is 2.33. The summed E-state index contributed by atoms with van der Waals surface area (Å²) in [4.78, 5) is 30.3. The van der Waals surface area contributed by atoms with Crippen LogP contribution in [0.2, 0.25) is 0 Å². The molecule has 0 aliphatic heterocycles. The molecule has 0 fully saturated rings. The lowest BCUT2D eigenvalue weighted by atomic mass is 10.0. The van der Waals surface area contributed by atoms with Gasteiger partial charge in [0.05, 0.1) is 18.4 Å². The van der Waals surface area contributed by atoms with Crippen LogP contribution < -0.4 is 31.4 Å². The summed E-state index contributed by atoms with van der Waals surface area (Å²) in [5.41, 5.74) is 13.2. The summed E-state index contributed by atoms with van der Waals surface area (Å²) in [7, 11) is 0. The van der Waals surface area contributed by atoms with Crippen LogP contribution in [0.4, 0.5) is 5.69 Å². The monoisotopic (exact) mass is 630 g/mol. The van der Waals surface area contributed by atoms with Crippen LogP contribution in [0.15, 0.2) is 60.7 Å². The Labute approximate surface area is 235 Å². The molecular formula is C27H31IN6O4. The smallest absolute Gasteiger partial charge is 0.288 e. The molecule has 2 aromatic carbocycles. The summed E-state index contributed by atoms with van der Waals surface area (Å²) < 4.78 is 12.3. The number of hydrazine groups is 1. The van der Waals surface area contributed by atoms with Gasteiger partial charge in [0, 0.05) is 15.7 Å². The van der Waals surface area contributed by atoms with Gasteiger partial charge in [-0.25, -0.2) is 4.98 Å². The van der Waals surface area contributed by atoms with Crippen molar-refractivity contribution in [3.05, 3.63) is 83.2 Å². The molecule has 10 nitrogen and oxygen atoms in total. The van der Waals surface area contributed by atoms with E-state index >= 15 is 0 Å². The molecule has 1 aromatic heterocycles. The predicted octanol–water partition coefficient (Wildman–Crippen LogP) is 4.10. The van der Waals surface area contributed by atoms with Crippen molar-refractivity contribution < 1.29 is 19.1 Å². The summed E-state index contributed by atoms with van der Waals surface area (Å²) in [6.07, 6.45) is -0.0633. The number of aromatic nitrogens is 1. The molecular weight excluding hydrogens is 599 g/mol. The van der Waals surface area contributed by atoms with E-state index in [9.17, 15) is 9.59 Å². The lowest BCUT2D eigenvalue weighted by Crippen LogP contribution is -2.45. The van der Waals surface area contributed by atoms with Gasteiger partial charge in [-0.05, 0) is 74.9 Å². The Morgan fingerprint density at radius 2 is 1.79 bits per heavy atom. The molecule has 3 aromatic rings. The molecule has 0 saturated carbocycles. The number of nitrogens with two attached hydrogens (primary N) is 1. The molecule has 2 amide bonds. The summed E-state index contributed by atoms with van der Waals surface area (Å²) in [5, 5.41) is 10.8. The molecule has 3 rings (SSSR count). The van der Waals surface area contributed by atoms with Crippen LogP contribution in [-0.2, 0) is 9.22 Å². The van der Waals surface area contributed by atoms with Crippen molar-refractivity contribution in [1.29, 1.82) is 5.41 Å². The van der Waals surface area contributed by atoms with E-state index in [0.29, 0.717) is 39.3 Å². The van der Waals surface area contributed by atoms with Crippen molar-refractivity contribution >= 4 is 45.9 Å². The van der Waals surface area contributed by atoms with E-state index in [1.165, 1.54) is 0 Å². The van der Waals surface area contributed by atoms with E-state index in [4.69, 9.17) is 20.6 Å². The number of nitrogen functional groups attached to an aromatic ring is 1. The maximum atomic E-state index is 13.4. The van der Waals surface area contributed by atoms with Gasteiger partial charge < -0.3 is 20.5 Å². The molecule has 0 saturated heterocycles. The van der Waals surface area contributed by atoms with Gasteiger partial charge in [-0.1, -0.05) is 34.7 Å². The number of halogens is 1. The molecule has 6 N–H and O–H groups in total. The van der Waals surface area contributed by atoms with Crippen LogP contribution in [0.3, 0.4) is 0 Å². The third-order valence-corrected chi connectivity index (χ3v) is 5.99. The molecule has 1 atom stereocenters. The first-order valence-electron chi connectivity index (χ1n) is 12.0. The number of pyridine rings is 1. The van der Waals surface area contributed by atoms with Crippen molar-refractivity contribution in [2.45, 2.75) is 37.3 Å². The minimum atomic E-state index is -0.917. The van der Waals surface area contributed by atoms with E-state index in [1.807, 2.05) is 26.8 Å². The van der Waals surface area contributed by atoms with E-state index in [1.54, 1.807) is 54.6 Å². The second kappa shape index (κ2) is 13.6. The fourth-order valence-electron chi connectivity index (χ4n) is 3.47. The number of rotatable bonds is 11. The van der Waals surface area contributed by atoms with Crippen molar-refractivity contribution in [2.75, 3.05) is 11.9 Å². The van der Waals surface area contributed by atoms with Crippen molar-refractivity contribution in [3.8, 4) is 11.5 Å². The third kappa shape index (κ3) is 7.81. The summed E-state index contributed by atoms with van der Waals surface area (Å²) in [5.74, 6) is -0.0561. The number of hydrogen-bond acceptors (Lipinski definition) is 7. The fraction of sp³-hybridized carbons (Fsp3) is 0.259. The number of carbonyl (C=O) groups excluding carboxylic acids is 2. The van der Waals surface area contributed by atoms with Gasteiger partial charge in [0.1, 0.15) is 17.6 Å². The topological polar surface area (TPSA) is 151 Å². The Bertz CT molecular complexity index is 1280. The Hall–Kier alpha value is -3.87. The maximum absolute atomic E-state index is 13.4. The molecule has 0 spiro atoms. The summed E-state index contributed by atoms with van der Waals surface area (Å²) >= 11 is 2.16. The minimum absolute atomic E-state index is 0.0594. The second-order valence-corrected chi connectivity index (χ2v) is 9.23. The number of hydrogen-bond donors (Lipinski definition) is 5. The molecule has 0 aliphatic carbocycles. The number of nitrogens with zero attached hydrogens (tertiary/aromatic N) is 1. The normalized spacial score (nSPS) is 11.4. The zero-order valence-corrected chi connectivity index (χ0v) is 23.5. The van der Waals surface area contributed by atoms with E-state index in [-0.39, 0.29) is 17.6 Å². The molecule has 1 unspecified atom stereocenters. The van der Waals surface area contributed by atoms with Crippen molar-refractivity contribution in [1.82, 2.24) is 15.8 Å². The first kappa shape index (κ1) is 28.7. The molecule has 1 heterocycles. The molecule has 11 heteroatoms. The van der Waals surface area contributed by atoms with E-state index < -0.39 is 17.9 Å². The van der Waals surface area contributed by atoms with Crippen LogP contribution >= 0.6 is 22.6 Å². The van der Waals surface area contributed by atoms with Crippen LogP contribution in [0.1, 0.15) is 54.1 Å². The third-order valence-electron chi connectivity index (χ3n) is 5.21. The Kier molecular flexibility index (Phi) is 10.3. The highest BCUT2D eigenvalue weighted by atomic mass is 127. The van der Waals surface area contributed by atoms with Crippen molar-refractivity contribution in [3.63, 3.8) is 0 Å².